The van der Waals surface area contributed by atoms with Gasteiger partial charge in [0.05, 0.1) is 6.61 Å². The minimum atomic E-state index is -0.956. The summed E-state index contributed by atoms with van der Waals surface area (Å²) < 4.78 is 4.91. The first-order valence-electron chi connectivity index (χ1n) is 17.6. The smallest absolute Gasteiger partial charge is 0.305 e. The monoisotopic (exact) mass is 555 g/mol. The molecular weight excluding hydrogens is 484 g/mol. The summed E-state index contributed by atoms with van der Waals surface area (Å²) in [6.45, 7) is 1.83. The number of unbranched alkanes of at least 4 members (excludes halogenated alkanes) is 28. The topological polar surface area (TPSA) is 66.8 Å². The van der Waals surface area contributed by atoms with Crippen LogP contribution in [0.3, 0.4) is 0 Å². The van der Waals surface area contributed by atoms with Gasteiger partial charge in [-0.25, -0.2) is 0 Å². The van der Waals surface area contributed by atoms with Crippen LogP contribution in [0.25, 0.3) is 0 Å². The van der Waals surface area contributed by atoms with Gasteiger partial charge in [0.2, 0.25) is 0 Å². The molecule has 0 aliphatic carbocycles. The molecule has 4 nitrogen and oxygen atoms in total. The summed E-state index contributed by atoms with van der Waals surface area (Å²) in [5.41, 5.74) is 0. The average molecular weight is 555 g/mol. The van der Waals surface area contributed by atoms with Crippen molar-refractivity contribution in [1.82, 2.24) is 0 Å². The van der Waals surface area contributed by atoms with E-state index in [1.54, 1.807) is 0 Å². The van der Waals surface area contributed by atoms with Crippen molar-refractivity contribution in [2.24, 2.45) is 0 Å². The normalized spacial score (nSPS) is 12.2. The molecule has 39 heavy (non-hydrogen) atoms. The molecule has 0 aromatic heterocycles. The van der Waals surface area contributed by atoms with E-state index in [0.717, 1.165) is 12.8 Å². The molecule has 0 aromatic carbocycles. The Bertz CT molecular complexity index is 468. The Morgan fingerprint density at radius 3 is 1.00 bits per heavy atom. The van der Waals surface area contributed by atoms with Gasteiger partial charge in [-0.2, -0.15) is 0 Å². The molecule has 0 radical (unpaired) electrons. The lowest BCUT2D eigenvalue weighted by Crippen LogP contribution is -2.21. The molecule has 0 saturated carbocycles. The predicted molar refractivity (Wildman–Crippen MR) is 168 cm³/mol. The highest BCUT2D eigenvalue weighted by Crippen LogP contribution is 2.16. The van der Waals surface area contributed by atoms with Gasteiger partial charge in [0.15, 0.2) is 0 Å². The highest BCUT2D eigenvalue weighted by atomic mass is 16.5. The van der Waals surface area contributed by atoms with Crippen LogP contribution in [-0.2, 0) is 9.53 Å². The van der Waals surface area contributed by atoms with Crippen molar-refractivity contribution in [2.75, 3.05) is 13.2 Å². The second-order valence-corrected chi connectivity index (χ2v) is 12.2. The molecule has 0 saturated heterocycles. The molecule has 0 rings (SSSR count). The maximum Gasteiger partial charge on any atom is 0.305 e. The SMILES string of the molecule is CCCCCCCCCCCCCCCCCCCCCCCCCCCCCCCC(=O)OCC(O)CO. The van der Waals surface area contributed by atoms with Crippen LogP contribution in [-0.4, -0.2) is 35.5 Å². The Morgan fingerprint density at radius 2 is 0.744 bits per heavy atom. The molecule has 234 valence electrons. The molecule has 2 N–H and O–H groups in total. The third kappa shape index (κ3) is 33.5. The number of aliphatic hydroxyl groups is 2. The molecule has 0 heterocycles. The van der Waals surface area contributed by atoms with Gasteiger partial charge in [0.25, 0.3) is 0 Å². The average Bonchev–Trinajstić information content (AvgIpc) is 2.95. The van der Waals surface area contributed by atoms with Crippen molar-refractivity contribution in [3.05, 3.63) is 0 Å². The van der Waals surface area contributed by atoms with E-state index in [9.17, 15) is 4.79 Å². The number of ether oxygens (including phenoxy) is 1. The zero-order valence-electron chi connectivity index (χ0n) is 26.4. The van der Waals surface area contributed by atoms with E-state index < -0.39 is 6.10 Å². The molecule has 0 aliphatic rings. The molecule has 0 aromatic rings. The third-order valence-electron chi connectivity index (χ3n) is 8.13. The minimum absolute atomic E-state index is 0.102. The van der Waals surface area contributed by atoms with Gasteiger partial charge in [-0.3, -0.25) is 4.79 Å². The van der Waals surface area contributed by atoms with Crippen LogP contribution in [0.2, 0.25) is 0 Å². The summed E-state index contributed by atoms with van der Waals surface area (Å²) in [5, 5.41) is 17.9. The first-order chi connectivity index (χ1) is 19.2. The fourth-order valence-electron chi connectivity index (χ4n) is 5.43. The van der Waals surface area contributed by atoms with E-state index >= 15 is 0 Å². The van der Waals surface area contributed by atoms with Crippen LogP contribution in [0.4, 0.5) is 0 Å². The third-order valence-corrected chi connectivity index (χ3v) is 8.13. The number of carbonyl (C=O) groups excluding carboxylic acids is 1. The number of hydrogen-bond acceptors (Lipinski definition) is 4. The van der Waals surface area contributed by atoms with Crippen molar-refractivity contribution in [3.8, 4) is 0 Å². The van der Waals surface area contributed by atoms with Crippen LogP contribution in [0.1, 0.15) is 200 Å². The van der Waals surface area contributed by atoms with Crippen LogP contribution in [0.5, 0.6) is 0 Å². The van der Waals surface area contributed by atoms with Gasteiger partial charge in [-0.1, -0.05) is 187 Å². The molecule has 4 heteroatoms. The van der Waals surface area contributed by atoms with E-state index in [4.69, 9.17) is 14.9 Å². The Balaban J connectivity index is 3.09. The lowest BCUT2D eigenvalue weighted by molar-refractivity contribution is -0.147. The van der Waals surface area contributed by atoms with Gasteiger partial charge in [0.1, 0.15) is 12.7 Å². The number of rotatable bonds is 33. The first kappa shape index (κ1) is 38.4. The van der Waals surface area contributed by atoms with Crippen molar-refractivity contribution >= 4 is 5.97 Å². The lowest BCUT2D eigenvalue weighted by Gasteiger charge is -2.08. The highest BCUT2D eigenvalue weighted by Gasteiger charge is 2.07. The first-order valence-corrected chi connectivity index (χ1v) is 17.6. The molecule has 1 unspecified atom stereocenters. The van der Waals surface area contributed by atoms with Crippen LogP contribution in [0.15, 0.2) is 0 Å². The maximum absolute atomic E-state index is 11.5. The quantitative estimate of drug-likeness (QED) is 0.0625. The maximum atomic E-state index is 11.5. The van der Waals surface area contributed by atoms with E-state index in [1.165, 1.54) is 173 Å². The van der Waals surface area contributed by atoms with E-state index in [-0.39, 0.29) is 19.2 Å². The van der Waals surface area contributed by atoms with Gasteiger partial charge in [-0.15, -0.1) is 0 Å². The fraction of sp³-hybridized carbons (Fsp3) is 0.971. The summed E-state index contributed by atoms with van der Waals surface area (Å²) in [6.07, 6.45) is 39.7. The predicted octanol–water partition coefficient (Wildman–Crippen LogP) is 10.6. The Labute approximate surface area is 244 Å². The van der Waals surface area contributed by atoms with Crippen LogP contribution in [0, 0.1) is 0 Å². The molecular formula is C35H70O4. The minimum Gasteiger partial charge on any atom is -0.463 e. The van der Waals surface area contributed by atoms with Gasteiger partial charge < -0.3 is 14.9 Å². The molecule has 0 amide bonds. The lowest BCUT2D eigenvalue weighted by atomic mass is 10.0. The van der Waals surface area contributed by atoms with Gasteiger partial charge >= 0.3 is 5.97 Å². The molecule has 0 bridgehead atoms. The van der Waals surface area contributed by atoms with Crippen molar-refractivity contribution in [2.45, 2.75) is 206 Å². The van der Waals surface area contributed by atoms with Crippen molar-refractivity contribution in [3.63, 3.8) is 0 Å². The second-order valence-electron chi connectivity index (χ2n) is 12.2. The van der Waals surface area contributed by atoms with Gasteiger partial charge in [0, 0.05) is 6.42 Å². The molecule has 0 spiro atoms. The Kier molecular flexibility index (Phi) is 33.1. The largest absolute Gasteiger partial charge is 0.463 e. The zero-order chi connectivity index (χ0) is 28.5. The van der Waals surface area contributed by atoms with Crippen LogP contribution >= 0.6 is 0 Å². The second kappa shape index (κ2) is 33.6. The molecule has 0 aliphatic heterocycles. The Morgan fingerprint density at radius 1 is 0.487 bits per heavy atom. The zero-order valence-corrected chi connectivity index (χ0v) is 26.4. The summed E-state index contributed by atoms with van der Waals surface area (Å²) >= 11 is 0. The summed E-state index contributed by atoms with van der Waals surface area (Å²) in [4.78, 5) is 11.5. The number of hydrogen-bond donors (Lipinski definition) is 2. The number of aliphatic hydroxyl groups excluding tert-OH is 2. The van der Waals surface area contributed by atoms with Crippen molar-refractivity contribution in [1.29, 1.82) is 0 Å². The summed E-state index contributed by atoms with van der Waals surface area (Å²) in [7, 11) is 0. The summed E-state index contributed by atoms with van der Waals surface area (Å²) in [5.74, 6) is -0.271. The van der Waals surface area contributed by atoms with Crippen molar-refractivity contribution < 1.29 is 19.7 Å². The van der Waals surface area contributed by atoms with E-state index in [2.05, 4.69) is 6.92 Å². The molecule has 1 atom stereocenters. The van der Waals surface area contributed by atoms with Crippen LogP contribution < -0.4 is 0 Å². The van der Waals surface area contributed by atoms with Gasteiger partial charge in [-0.05, 0) is 6.42 Å². The fourth-order valence-corrected chi connectivity index (χ4v) is 5.43. The Hall–Kier alpha value is -0.610. The highest BCUT2D eigenvalue weighted by molar-refractivity contribution is 5.69. The number of carbonyl (C=O) groups is 1. The van der Waals surface area contributed by atoms with E-state index in [0.29, 0.717) is 6.42 Å². The summed E-state index contributed by atoms with van der Waals surface area (Å²) in [6, 6.07) is 0. The number of esters is 1. The standard InChI is InChI=1S/C35H70O4/c1-2-3-4-5-6-7-8-9-10-11-12-13-14-15-16-17-18-19-20-21-22-23-24-25-26-27-28-29-30-31-35(38)39-33-34(37)32-36/h34,36-37H,2-33H2,1H3. The molecule has 0 fully saturated rings. The van der Waals surface area contributed by atoms with E-state index in [1.807, 2.05) is 0 Å².